The number of aromatic nitrogens is 3. The number of halogens is 1. The third-order valence-corrected chi connectivity index (χ3v) is 10.1. The van der Waals surface area contributed by atoms with Gasteiger partial charge in [0.15, 0.2) is 12.3 Å². The third kappa shape index (κ3) is 6.53. The van der Waals surface area contributed by atoms with E-state index in [-0.39, 0.29) is 21.2 Å². The zero-order valence-corrected chi connectivity index (χ0v) is 26.7. The highest BCUT2D eigenvalue weighted by molar-refractivity contribution is 7.89. The number of sulfonamides is 1. The fourth-order valence-corrected chi connectivity index (χ4v) is 7.25. The van der Waals surface area contributed by atoms with Gasteiger partial charge in [-0.05, 0) is 56.2 Å². The maximum atomic E-state index is 13.6. The van der Waals surface area contributed by atoms with Crippen molar-refractivity contribution in [3.63, 3.8) is 0 Å². The van der Waals surface area contributed by atoms with Crippen molar-refractivity contribution < 1.29 is 22.7 Å². The molecule has 46 heavy (non-hydrogen) atoms. The zero-order valence-electron chi connectivity index (χ0n) is 25.1. The van der Waals surface area contributed by atoms with Gasteiger partial charge in [-0.1, -0.05) is 73.0 Å². The first-order valence-corrected chi connectivity index (χ1v) is 16.8. The lowest BCUT2D eigenvalue weighted by atomic mass is 10.1. The number of esters is 1. The third-order valence-electron chi connectivity index (χ3n) is 7.85. The molecule has 1 aliphatic heterocycles. The van der Waals surface area contributed by atoms with E-state index in [1.807, 2.05) is 60.7 Å². The van der Waals surface area contributed by atoms with Gasteiger partial charge in [-0.15, -0.1) is 0 Å². The Bertz CT molecular complexity index is 2010. The molecule has 1 N–H and O–H groups in total. The number of rotatable bonds is 8. The van der Waals surface area contributed by atoms with Crippen LogP contribution < -0.4 is 5.32 Å². The van der Waals surface area contributed by atoms with Crippen LogP contribution in [0.1, 0.15) is 41.7 Å². The first kappa shape index (κ1) is 31.4. The summed E-state index contributed by atoms with van der Waals surface area (Å²) in [5, 5.41) is 7.92. The van der Waals surface area contributed by atoms with E-state index < -0.39 is 28.5 Å². The lowest BCUT2D eigenvalue weighted by Gasteiger charge is -2.20. The number of ether oxygens (including phenoxy) is 1. The van der Waals surface area contributed by atoms with Gasteiger partial charge in [-0.3, -0.25) is 4.79 Å². The summed E-state index contributed by atoms with van der Waals surface area (Å²) in [5.74, 6) is -1.41. The number of para-hydroxylation sites is 1. The minimum Gasteiger partial charge on any atom is -0.452 e. The first-order valence-electron chi connectivity index (χ1n) is 15.0. The number of amides is 1. The van der Waals surface area contributed by atoms with Crippen LogP contribution in [0.2, 0.25) is 5.02 Å². The monoisotopic (exact) mass is 657 g/mol. The number of hydrogen-bond acceptors (Lipinski definition) is 7. The average Bonchev–Trinajstić information content (AvgIpc) is 3.21. The molecule has 6 rings (SSSR count). The normalized spacial score (nSPS) is 14.1. The number of aryl methyl sites for hydroxylation is 1. The molecule has 1 amide bonds. The van der Waals surface area contributed by atoms with Crippen LogP contribution in [0.4, 0.5) is 5.69 Å². The highest BCUT2D eigenvalue weighted by atomic mass is 35.5. The Labute approximate surface area is 272 Å². The first-order chi connectivity index (χ1) is 22.2. The molecule has 0 radical (unpaired) electrons. The van der Waals surface area contributed by atoms with E-state index >= 15 is 0 Å². The van der Waals surface area contributed by atoms with Gasteiger partial charge >= 0.3 is 5.97 Å². The molecule has 236 valence electrons. The van der Waals surface area contributed by atoms with Crippen molar-refractivity contribution in [2.75, 3.05) is 25.0 Å². The number of anilines is 1. The van der Waals surface area contributed by atoms with Crippen LogP contribution in [0.15, 0.2) is 89.8 Å². The fourth-order valence-electron chi connectivity index (χ4n) is 5.54. The van der Waals surface area contributed by atoms with Gasteiger partial charge in [0.2, 0.25) is 10.0 Å². The van der Waals surface area contributed by atoms with E-state index in [9.17, 15) is 18.0 Å². The van der Waals surface area contributed by atoms with E-state index in [0.29, 0.717) is 35.5 Å². The topological polar surface area (TPSA) is 123 Å². The molecule has 5 aromatic rings. The van der Waals surface area contributed by atoms with E-state index in [1.54, 1.807) is 17.7 Å². The molecule has 3 aromatic carbocycles. The molecular weight excluding hydrogens is 626 g/mol. The lowest BCUT2D eigenvalue weighted by Crippen LogP contribution is -2.32. The van der Waals surface area contributed by atoms with Crippen molar-refractivity contribution in [2.45, 2.75) is 37.5 Å². The van der Waals surface area contributed by atoms with Crippen LogP contribution in [0.5, 0.6) is 0 Å². The Morgan fingerprint density at radius 1 is 0.913 bits per heavy atom. The molecule has 1 saturated heterocycles. The molecule has 0 aliphatic carbocycles. The van der Waals surface area contributed by atoms with Crippen molar-refractivity contribution in [3.05, 3.63) is 101 Å². The second-order valence-corrected chi connectivity index (χ2v) is 13.4. The summed E-state index contributed by atoms with van der Waals surface area (Å²) in [5.41, 5.74) is 3.45. The quantitative estimate of drug-likeness (QED) is 0.191. The van der Waals surface area contributed by atoms with Crippen molar-refractivity contribution in [3.8, 4) is 16.9 Å². The summed E-state index contributed by atoms with van der Waals surface area (Å²) >= 11 is 6.33. The largest absolute Gasteiger partial charge is 0.452 e. The summed E-state index contributed by atoms with van der Waals surface area (Å²) < 4.78 is 35.3. The summed E-state index contributed by atoms with van der Waals surface area (Å²) in [6.07, 6.45) is 3.57. The Morgan fingerprint density at radius 2 is 1.59 bits per heavy atom. The van der Waals surface area contributed by atoms with Crippen LogP contribution in [0.3, 0.4) is 0 Å². The highest BCUT2D eigenvalue weighted by Gasteiger charge is 2.27. The number of nitrogens with one attached hydrogen (secondary N) is 1. The Balaban J connectivity index is 1.25. The number of pyridine rings is 1. The molecule has 10 nitrogen and oxygen atoms in total. The van der Waals surface area contributed by atoms with Crippen LogP contribution >= 0.6 is 11.6 Å². The number of nitrogens with zero attached hydrogens (tertiary/aromatic N) is 4. The van der Waals surface area contributed by atoms with Crippen molar-refractivity contribution in [2.24, 2.45) is 0 Å². The Morgan fingerprint density at radius 3 is 2.28 bits per heavy atom. The summed E-state index contributed by atoms with van der Waals surface area (Å²) in [6, 6.07) is 24.7. The lowest BCUT2D eigenvalue weighted by molar-refractivity contribution is -0.119. The molecule has 1 aliphatic rings. The van der Waals surface area contributed by atoms with Gasteiger partial charge in [-0.2, -0.15) is 9.40 Å². The van der Waals surface area contributed by atoms with Crippen molar-refractivity contribution >= 4 is 50.2 Å². The SMILES string of the molecule is Cc1nn(-c2ccccc2)c2nc(-c3ccccc3)cc(C(=O)OCC(=O)Nc3cc(S(=O)(=O)N4CCCCCC4)ccc3Cl)c12. The molecule has 0 bridgehead atoms. The number of carbonyl (C=O) groups is 2. The molecule has 0 unspecified atom stereocenters. The Kier molecular flexibility index (Phi) is 9.16. The molecule has 12 heteroatoms. The predicted molar refractivity (Wildman–Crippen MR) is 177 cm³/mol. The molecule has 3 heterocycles. The maximum absolute atomic E-state index is 13.6. The minimum absolute atomic E-state index is 0.0321. The van der Waals surface area contributed by atoms with Crippen LogP contribution in [0.25, 0.3) is 28.0 Å². The predicted octanol–water partition coefficient (Wildman–Crippen LogP) is 6.41. The number of benzene rings is 3. The van der Waals surface area contributed by atoms with E-state index in [1.165, 1.54) is 22.5 Å². The number of fused-ring (bicyclic) bond motifs is 1. The van der Waals surface area contributed by atoms with Crippen LogP contribution in [-0.4, -0.2) is 59.1 Å². The van der Waals surface area contributed by atoms with Gasteiger partial charge in [0.05, 0.1) is 43.6 Å². The van der Waals surface area contributed by atoms with Crippen LogP contribution in [0, 0.1) is 6.92 Å². The summed E-state index contributed by atoms with van der Waals surface area (Å²) in [4.78, 5) is 31.4. The molecule has 2 aromatic heterocycles. The van der Waals surface area contributed by atoms with Crippen molar-refractivity contribution in [1.29, 1.82) is 0 Å². The summed E-state index contributed by atoms with van der Waals surface area (Å²) in [7, 11) is -3.77. The maximum Gasteiger partial charge on any atom is 0.339 e. The number of carbonyl (C=O) groups excluding carboxylic acids is 2. The fraction of sp³-hybridized carbons (Fsp3) is 0.235. The molecule has 0 spiro atoms. The standard InChI is InChI=1S/C34H32ClN5O5S/c1-23-32-27(21-29(24-12-6-4-7-13-24)37-33(32)40(38-23)25-14-8-5-9-15-25)34(42)45-22-31(41)36-30-20-26(16-17-28(30)35)46(43,44)39-18-10-2-3-11-19-39/h4-9,12-17,20-21H,2-3,10-11,18-19,22H2,1H3,(H,36,41). The summed E-state index contributed by atoms with van der Waals surface area (Å²) in [6.45, 7) is 2.04. The van der Waals surface area contributed by atoms with Gasteiger partial charge < -0.3 is 10.1 Å². The molecule has 0 atom stereocenters. The highest BCUT2D eigenvalue weighted by Crippen LogP contribution is 2.30. The minimum atomic E-state index is -3.77. The smallest absolute Gasteiger partial charge is 0.339 e. The van der Waals surface area contributed by atoms with Crippen LogP contribution in [-0.2, 0) is 19.6 Å². The molecule has 1 fully saturated rings. The molecule has 0 saturated carbocycles. The second kappa shape index (κ2) is 13.4. The van der Waals surface area contributed by atoms with Crippen molar-refractivity contribution in [1.82, 2.24) is 19.1 Å². The molecular formula is C34H32ClN5O5S. The number of hydrogen-bond donors (Lipinski definition) is 1. The van der Waals surface area contributed by atoms with E-state index in [0.717, 1.165) is 36.9 Å². The van der Waals surface area contributed by atoms with E-state index in [2.05, 4.69) is 10.4 Å². The van der Waals surface area contributed by atoms with Gasteiger partial charge in [0, 0.05) is 18.7 Å². The van der Waals surface area contributed by atoms with Gasteiger partial charge in [0.1, 0.15) is 0 Å². The van der Waals surface area contributed by atoms with Gasteiger partial charge in [0.25, 0.3) is 5.91 Å². The van der Waals surface area contributed by atoms with Gasteiger partial charge in [-0.25, -0.2) is 22.9 Å². The zero-order chi connectivity index (χ0) is 32.3. The Hall–Kier alpha value is -4.58. The second-order valence-electron chi connectivity index (χ2n) is 11.0. The van der Waals surface area contributed by atoms with E-state index in [4.69, 9.17) is 21.3 Å². The average molecular weight is 658 g/mol.